The summed E-state index contributed by atoms with van der Waals surface area (Å²) in [4.78, 5) is 15.2. The van der Waals surface area contributed by atoms with E-state index in [0.29, 0.717) is 25.2 Å². The number of amides is 1. The van der Waals surface area contributed by atoms with Crippen LogP contribution in [0.1, 0.15) is 41.5 Å². The lowest BCUT2D eigenvalue weighted by atomic mass is 10.1. The molecule has 1 amide bonds. The van der Waals surface area contributed by atoms with E-state index in [1.54, 1.807) is 18.2 Å². The molecule has 0 heterocycles. The zero-order chi connectivity index (χ0) is 22.5. The molecular weight excluding hydrogens is 398 g/mol. The summed E-state index contributed by atoms with van der Waals surface area (Å²) in [6.45, 7) is 13.3. The van der Waals surface area contributed by atoms with Crippen LogP contribution in [0.25, 0.3) is 10.8 Å². The molecule has 1 unspecified atom stereocenters. The van der Waals surface area contributed by atoms with Crippen molar-refractivity contribution in [2.24, 2.45) is 5.92 Å². The van der Waals surface area contributed by atoms with Crippen LogP contribution in [0.3, 0.4) is 0 Å². The first-order chi connectivity index (χ1) is 14.0. The van der Waals surface area contributed by atoms with Crippen LogP contribution >= 0.6 is 0 Å². The number of rotatable bonds is 10. The summed E-state index contributed by atoms with van der Waals surface area (Å²) in [5, 5.41) is 4.71. The Labute approximate surface area is 181 Å². The average Bonchev–Trinajstić information content (AvgIpc) is 2.68. The maximum Gasteiger partial charge on any atom is 0.241 e. The Kier molecular flexibility index (Phi) is 8.41. The van der Waals surface area contributed by atoms with Gasteiger partial charge in [-0.3, -0.25) is 9.69 Å². The minimum atomic E-state index is -3.83. The normalized spacial score (nSPS) is 13.5. The highest BCUT2D eigenvalue weighted by atomic mass is 32.2. The van der Waals surface area contributed by atoms with E-state index in [0.717, 1.165) is 10.8 Å². The maximum absolute atomic E-state index is 13.0. The van der Waals surface area contributed by atoms with E-state index in [4.69, 9.17) is 0 Å². The van der Waals surface area contributed by atoms with Crippen LogP contribution in [-0.4, -0.2) is 50.4 Å². The molecule has 2 rings (SSSR count). The second-order valence-electron chi connectivity index (χ2n) is 8.57. The molecule has 166 valence electrons. The van der Waals surface area contributed by atoms with Crippen LogP contribution in [0.15, 0.2) is 47.4 Å². The molecule has 0 saturated heterocycles. The van der Waals surface area contributed by atoms with Gasteiger partial charge < -0.3 is 5.32 Å². The van der Waals surface area contributed by atoms with Crippen LogP contribution in [0, 0.1) is 5.92 Å². The summed E-state index contributed by atoms with van der Waals surface area (Å²) < 4.78 is 28.5. The number of benzene rings is 2. The van der Waals surface area contributed by atoms with E-state index in [9.17, 15) is 13.2 Å². The summed E-state index contributed by atoms with van der Waals surface area (Å²) in [6, 6.07) is 12.5. The molecule has 0 spiro atoms. The highest BCUT2D eigenvalue weighted by Gasteiger charge is 2.28. The number of hydrogen-bond acceptors (Lipinski definition) is 4. The monoisotopic (exact) mass is 433 g/mol. The Morgan fingerprint density at radius 1 is 0.933 bits per heavy atom. The predicted molar refractivity (Wildman–Crippen MR) is 123 cm³/mol. The molecular formula is C23H35N3O3S. The molecule has 6 nitrogen and oxygen atoms in total. The van der Waals surface area contributed by atoms with E-state index in [2.05, 4.69) is 42.6 Å². The first-order valence-corrected chi connectivity index (χ1v) is 12.1. The number of sulfonamides is 1. The van der Waals surface area contributed by atoms with Gasteiger partial charge in [0.1, 0.15) is 6.04 Å². The van der Waals surface area contributed by atoms with Crippen molar-refractivity contribution in [3.05, 3.63) is 42.5 Å². The third kappa shape index (κ3) is 6.27. The highest BCUT2D eigenvalue weighted by Crippen LogP contribution is 2.19. The fourth-order valence-electron chi connectivity index (χ4n) is 3.59. The summed E-state index contributed by atoms with van der Waals surface area (Å²) >= 11 is 0. The quantitative estimate of drug-likeness (QED) is 0.602. The lowest BCUT2D eigenvalue weighted by molar-refractivity contribution is -0.123. The van der Waals surface area contributed by atoms with Crippen LogP contribution in [0.4, 0.5) is 0 Å². The van der Waals surface area contributed by atoms with Crippen LogP contribution < -0.4 is 10.0 Å². The Morgan fingerprint density at radius 2 is 1.53 bits per heavy atom. The van der Waals surface area contributed by atoms with Crippen LogP contribution in [0.2, 0.25) is 0 Å². The zero-order valence-electron chi connectivity index (χ0n) is 18.8. The smallest absolute Gasteiger partial charge is 0.241 e. The number of carbonyl (C=O) groups excluding carboxylic acids is 1. The van der Waals surface area contributed by atoms with Gasteiger partial charge in [-0.25, -0.2) is 8.42 Å². The molecule has 0 saturated carbocycles. The number of fused-ring (bicyclic) bond motifs is 1. The average molecular weight is 434 g/mol. The molecule has 0 aliphatic heterocycles. The maximum atomic E-state index is 13.0. The summed E-state index contributed by atoms with van der Waals surface area (Å²) in [7, 11) is -3.83. The van der Waals surface area contributed by atoms with Gasteiger partial charge >= 0.3 is 0 Å². The minimum absolute atomic E-state index is 0.158. The van der Waals surface area contributed by atoms with Gasteiger partial charge in [-0.05, 0) is 56.5 Å². The fraction of sp³-hybridized carbons (Fsp3) is 0.522. The molecule has 0 aromatic heterocycles. The Hall–Kier alpha value is -1.96. The van der Waals surface area contributed by atoms with Gasteiger partial charge in [-0.2, -0.15) is 4.72 Å². The molecule has 0 fully saturated rings. The Morgan fingerprint density at radius 3 is 2.10 bits per heavy atom. The molecule has 7 heteroatoms. The first-order valence-electron chi connectivity index (χ1n) is 10.6. The topological polar surface area (TPSA) is 78.5 Å². The Bertz CT molecular complexity index is 947. The zero-order valence-corrected chi connectivity index (χ0v) is 19.7. The van der Waals surface area contributed by atoms with Gasteiger partial charge in [0.25, 0.3) is 0 Å². The lowest BCUT2D eigenvalue weighted by Crippen LogP contribution is -2.51. The molecule has 30 heavy (non-hydrogen) atoms. The molecule has 2 aromatic carbocycles. The molecule has 1 atom stereocenters. The molecule has 2 aromatic rings. The third-order valence-electron chi connectivity index (χ3n) is 5.26. The fourth-order valence-corrected chi connectivity index (χ4v) is 4.97. The van der Waals surface area contributed by atoms with Gasteiger partial charge in [-0.1, -0.05) is 44.2 Å². The van der Waals surface area contributed by atoms with Gasteiger partial charge in [0, 0.05) is 25.2 Å². The lowest BCUT2D eigenvalue weighted by Gasteiger charge is -2.31. The summed E-state index contributed by atoms with van der Waals surface area (Å²) in [5.41, 5.74) is 0. The van der Waals surface area contributed by atoms with E-state index in [-0.39, 0.29) is 16.7 Å². The van der Waals surface area contributed by atoms with E-state index in [1.165, 1.54) is 0 Å². The molecule has 0 aliphatic carbocycles. The van der Waals surface area contributed by atoms with Crippen molar-refractivity contribution in [1.82, 2.24) is 14.9 Å². The number of carbonyl (C=O) groups is 1. The van der Waals surface area contributed by atoms with Crippen molar-refractivity contribution < 1.29 is 13.2 Å². The molecule has 0 aliphatic rings. The van der Waals surface area contributed by atoms with Gasteiger partial charge in [0.2, 0.25) is 15.9 Å². The van der Waals surface area contributed by atoms with Gasteiger partial charge in [-0.15, -0.1) is 0 Å². The third-order valence-corrected chi connectivity index (χ3v) is 6.70. The highest BCUT2D eigenvalue weighted by molar-refractivity contribution is 7.89. The van der Waals surface area contributed by atoms with Gasteiger partial charge in [0.05, 0.1) is 4.90 Å². The summed E-state index contributed by atoms with van der Waals surface area (Å²) in [5.74, 6) is -0.492. The van der Waals surface area contributed by atoms with Crippen molar-refractivity contribution in [1.29, 1.82) is 0 Å². The number of nitrogens with one attached hydrogen (secondary N) is 2. The van der Waals surface area contributed by atoms with E-state index >= 15 is 0 Å². The van der Waals surface area contributed by atoms with Gasteiger partial charge in [0.15, 0.2) is 0 Å². The minimum Gasteiger partial charge on any atom is -0.353 e. The summed E-state index contributed by atoms with van der Waals surface area (Å²) in [6.07, 6.45) is 0. The second-order valence-corrected chi connectivity index (χ2v) is 10.3. The standard InChI is InChI=1S/C23H35N3O3S/c1-16(2)22(23(27)24-13-14-26(17(3)4)18(5)6)25-30(28,29)21-12-11-19-9-7-8-10-20(19)15-21/h7-12,15-18,22,25H,13-14H2,1-6H3,(H,24,27). The number of hydrogen-bond donors (Lipinski definition) is 2. The Balaban J connectivity index is 2.10. The van der Waals surface area contributed by atoms with E-state index in [1.807, 2.05) is 38.1 Å². The first kappa shape index (κ1) is 24.3. The van der Waals surface area contributed by atoms with Crippen molar-refractivity contribution in [2.45, 2.75) is 64.6 Å². The predicted octanol–water partition coefficient (Wildman–Crippen LogP) is 3.38. The van der Waals surface area contributed by atoms with Crippen molar-refractivity contribution >= 4 is 26.7 Å². The molecule has 0 bridgehead atoms. The second kappa shape index (κ2) is 10.4. The van der Waals surface area contributed by atoms with Crippen molar-refractivity contribution in [3.8, 4) is 0 Å². The largest absolute Gasteiger partial charge is 0.353 e. The van der Waals surface area contributed by atoms with Crippen LogP contribution in [-0.2, 0) is 14.8 Å². The molecule has 2 N–H and O–H groups in total. The number of nitrogens with zero attached hydrogens (tertiary/aromatic N) is 1. The van der Waals surface area contributed by atoms with Crippen molar-refractivity contribution in [2.75, 3.05) is 13.1 Å². The van der Waals surface area contributed by atoms with Crippen molar-refractivity contribution in [3.63, 3.8) is 0 Å². The van der Waals surface area contributed by atoms with Crippen LogP contribution in [0.5, 0.6) is 0 Å². The molecule has 0 radical (unpaired) electrons. The van der Waals surface area contributed by atoms with E-state index < -0.39 is 16.1 Å². The SMILES string of the molecule is CC(C)C(NS(=O)(=O)c1ccc2ccccc2c1)C(=O)NCCN(C(C)C)C(C)C.